The first-order valence-corrected chi connectivity index (χ1v) is 7.90. The number of carbonyl (C=O) groups is 2. The highest BCUT2D eigenvalue weighted by Crippen LogP contribution is 2.26. The molecule has 0 saturated carbocycles. The molecule has 2 N–H and O–H groups in total. The Morgan fingerprint density at radius 2 is 1.96 bits per heavy atom. The number of carboxylic acids is 1. The van der Waals surface area contributed by atoms with Crippen molar-refractivity contribution in [3.05, 3.63) is 59.2 Å². The Morgan fingerprint density at radius 3 is 2.67 bits per heavy atom. The Kier molecular flexibility index (Phi) is 4.51. The maximum absolute atomic E-state index is 12.2. The Morgan fingerprint density at radius 1 is 1.21 bits per heavy atom. The van der Waals surface area contributed by atoms with Crippen LogP contribution in [0.1, 0.15) is 29.5 Å². The molecule has 0 radical (unpaired) electrons. The first-order chi connectivity index (χ1) is 11.5. The average Bonchev–Trinajstić information content (AvgIpc) is 3.02. The van der Waals surface area contributed by atoms with Crippen LogP contribution in [0.3, 0.4) is 0 Å². The van der Waals surface area contributed by atoms with Gasteiger partial charge in [-0.3, -0.25) is 9.59 Å². The Bertz CT molecular complexity index is 767. The summed E-state index contributed by atoms with van der Waals surface area (Å²) in [6.45, 7) is 2.33. The van der Waals surface area contributed by atoms with E-state index in [0.717, 1.165) is 23.3 Å². The van der Waals surface area contributed by atoms with E-state index in [1.165, 1.54) is 0 Å². The summed E-state index contributed by atoms with van der Waals surface area (Å²) < 4.78 is 5.46. The molecule has 0 bridgehead atoms. The highest BCUT2D eigenvalue weighted by atomic mass is 16.5. The fourth-order valence-corrected chi connectivity index (χ4v) is 2.74. The second-order valence-corrected chi connectivity index (χ2v) is 5.95. The topological polar surface area (TPSA) is 75.6 Å². The van der Waals surface area contributed by atoms with E-state index in [-0.39, 0.29) is 5.91 Å². The van der Waals surface area contributed by atoms with Crippen molar-refractivity contribution < 1.29 is 19.4 Å². The monoisotopic (exact) mass is 325 g/mol. The lowest BCUT2D eigenvalue weighted by molar-refractivity contribution is -0.138. The number of benzene rings is 2. The number of amides is 1. The highest BCUT2D eigenvalue weighted by Gasteiger charge is 2.15. The van der Waals surface area contributed by atoms with Gasteiger partial charge in [0, 0.05) is 12.1 Å². The minimum Gasteiger partial charge on any atom is -0.493 e. The fourth-order valence-electron chi connectivity index (χ4n) is 2.74. The van der Waals surface area contributed by atoms with Crippen LogP contribution in [0.4, 0.5) is 5.69 Å². The van der Waals surface area contributed by atoms with Crippen molar-refractivity contribution in [3.8, 4) is 5.75 Å². The van der Waals surface area contributed by atoms with Gasteiger partial charge in [0.25, 0.3) is 0 Å². The molecule has 2 aromatic carbocycles. The summed E-state index contributed by atoms with van der Waals surface area (Å²) in [4.78, 5) is 23.1. The molecule has 3 rings (SSSR count). The van der Waals surface area contributed by atoms with Crippen LogP contribution < -0.4 is 10.1 Å². The van der Waals surface area contributed by atoms with Crippen molar-refractivity contribution in [3.63, 3.8) is 0 Å². The third-order valence-corrected chi connectivity index (χ3v) is 4.18. The molecule has 0 spiro atoms. The molecule has 1 amide bonds. The minimum absolute atomic E-state index is 0.104. The van der Waals surface area contributed by atoms with Gasteiger partial charge < -0.3 is 15.2 Å². The minimum atomic E-state index is -0.868. The van der Waals surface area contributed by atoms with Gasteiger partial charge in [-0.05, 0) is 41.8 Å². The number of ether oxygens (including phenoxy) is 1. The molecule has 1 atom stereocenters. The summed E-state index contributed by atoms with van der Waals surface area (Å²) in [6.07, 6.45) is 1.18. The molecule has 5 nitrogen and oxygen atoms in total. The van der Waals surface area contributed by atoms with E-state index in [1.54, 1.807) is 31.2 Å². The number of carboxylic acid groups (broad SMARTS) is 1. The van der Waals surface area contributed by atoms with Gasteiger partial charge in [0.15, 0.2) is 0 Å². The average molecular weight is 325 g/mol. The number of hydrogen-bond acceptors (Lipinski definition) is 3. The molecular weight excluding hydrogens is 306 g/mol. The molecule has 124 valence electrons. The van der Waals surface area contributed by atoms with Gasteiger partial charge >= 0.3 is 5.97 Å². The molecule has 0 saturated heterocycles. The number of fused-ring (bicyclic) bond motifs is 1. The molecule has 1 aliphatic heterocycles. The van der Waals surface area contributed by atoms with E-state index in [4.69, 9.17) is 9.84 Å². The highest BCUT2D eigenvalue weighted by molar-refractivity contribution is 5.92. The van der Waals surface area contributed by atoms with E-state index in [1.807, 2.05) is 18.2 Å². The van der Waals surface area contributed by atoms with Crippen LogP contribution in [0.2, 0.25) is 0 Å². The van der Waals surface area contributed by atoms with Crippen molar-refractivity contribution in [2.24, 2.45) is 0 Å². The number of hydrogen-bond donors (Lipinski definition) is 2. The zero-order chi connectivity index (χ0) is 17.1. The Hall–Kier alpha value is -2.82. The van der Waals surface area contributed by atoms with Gasteiger partial charge in [-0.1, -0.05) is 24.3 Å². The number of aliphatic carboxylic acids is 1. The zero-order valence-corrected chi connectivity index (χ0v) is 13.4. The molecule has 1 unspecified atom stereocenters. The quantitative estimate of drug-likeness (QED) is 0.886. The van der Waals surface area contributed by atoms with Crippen molar-refractivity contribution in [2.75, 3.05) is 11.9 Å². The van der Waals surface area contributed by atoms with Gasteiger partial charge in [-0.2, -0.15) is 0 Å². The standard InChI is InChI=1S/C19H19NO4/c1-12(19(22)23)14-3-5-16(6-4-14)20-18(21)11-13-2-7-17-15(10-13)8-9-24-17/h2-7,10,12H,8-9,11H2,1H3,(H,20,21)(H,22,23). The van der Waals surface area contributed by atoms with Crippen LogP contribution in [0.25, 0.3) is 0 Å². The summed E-state index contributed by atoms with van der Waals surface area (Å²) >= 11 is 0. The third-order valence-electron chi connectivity index (χ3n) is 4.18. The maximum atomic E-state index is 12.2. The molecule has 24 heavy (non-hydrogen) atoms. The van der Waals surface area contributed by atoms with Crippen LogP contribution in [0, 0.1) is 0 Å². The van der Waals surface area contributed by atoms with Crippen LogP contribution in [-0.2, 0) is 22.4 Å². The predicted octanol–water partition coefficient (Wildman–Crippen LogP) is 2.99. The van der Waals surface area contributed by atoms with Crippen molar-refractivity contribution >= 4 is 17.6 Å². The molecule has 0 aromatic heterocycles. The number of rotatable bonds is 5. The van der Waals surface area contributed by atoms with Crippen LogP contribution in [0.5, 0.6) is 5.75 Å². The summed E-state index contributed by atoms with van der Waals surface area (Å²) in [7, 11) is 0. The smallest absolute Gasteiger partial charge is 0.310 e. The number of carbonyl (C=O) groups excluding carboxylic acids is 1. The molecule has 1 heterocycles. The second kappa shape index (κ2) is 6.74. The first-order valence-electron chi connectivity index (χ1n) is 7.90. The van der Waals surface area contributed by atoms with Gasteiger partial charge in [0.1, 0.15) is 5.75 Å². The van der Waals surface area contributed by atoms with Crippen LogP contribution >= 0.6 is 0 Å². The van der Waals surface area contributed by atoms with E-state index < -0.39 is 11.9 Å². The summed E-state index contributed by atoms with van der Waals surface area (Å²) in [5.41, 5.74) is 3.46. The number of nitrogens with one attached hydrogen (secondary N) is 1. The largest absolute Gasteiger partial charge is 0.493 e. The zero-order valence-electron chi connectivity index (χ0n) is 13.4. The number of anilines is 1. The molecule has 0 aliphatic carbocycles. The van der Waals surface area contributed by atoms with Crippen LogP contribution in [0.15, 0.2) is 42.5 Å². The Balaban J connectivity index is 1.61. The van der Waals surface area contributed by atoms with E-state index >= 15 is 0 Å². The molecule has 2 aromatic rings. The van der Waals surface area contributed by atoms with Crippen LogP contribution in [-0.4, -0.2) is 23.6 Å². The van der Waals surface area contributed by atoms with E-state index in [0.29, 0.717) is 24.3 Å². The Labute approximate surface area is 140 Å². The lowest BCUT2D eigenvalue weighted by Gasteiger charge is -2.09. The van der Waals surface area contributed by atoms with E-state index in [9.17, 15) is 9.59 Å². The van der Waals surface area contributed by atoms with Crippen molar-refractivity contribution in [2.45, 2.75) is 25.7 Å². The summed E-state index contributed by atoms with van der Waals surface area (Å²) in [5, 5.41) is 11.8. The maximum Gasteiger partial charge on any atom is 0.310 e. The summed E-state index contributed by atoms with van der Waals surface area (Å²) in [5.74, 6) is -0.633. The predicted molar refractivity (Wildman–Crippen MR) is 90.5 cm³/mol. The van der Waals surface area contributed by atoms with E-state index in [2.05, 4.69) is 5.32 Å². The first kappa shape index (κ1) is 16.1. The van der Waals surface area contributed by atoms with Gasteiger partial charge in [0.2, 0.25) is 5.91 Å². The van der Waals surface area contributed by atoms with Gasteiger partial charge in [-0.25, -0.2) is 0 Å². The van der Waals surface area contributed by atoms with Crippen molar-refractivity contribution in [1.29, 1.82) is 0 Å². The lowest BCUT2D eigenvalue weighted by Crippen LogP contribution is -2.14. The SMILES string of the molecule is CC(C(=O)O)c1ccc(NC(=O)Cc2ccc3c(c2)CCO3)cc1. The fraction of sp³-hybridized carbons (Fsp3) is 0.263. The van der Waals surface area contributed by atoms with Gasteiger partial charge in [-0.15, -0.1) is 0 Å². The molecule has 5 heteroatoms. The normalized spacial score (nSPS) is 13.7. The lowest BCUT2D eigenvalue weighted by atomic mass is 10.0. The summed E-state index contributed by atoms with van der Waals surface area (Å²) in [6, 6.07) is 12.7. The van der Waals surface area contributed by atoms with Crippen molar-refractivity contribution in [1.82, 2.24) is 0 Å². The molecule has 1 aliphatic rings. The molecular formula is C19H19NO4. The second-order valence-electron chi connectivity index (χ2n) is 5.95. The van der Waals surface area contributed by atoms with Gasteiger partial charge in [0.05, 0.1) is 18.9 Å². The third kappa shape index (κ3) is 3.56. The molecule has 0 fully saturated rings.